The molecule has 18 heavy (non-hydrogen) atoms. The molecule has 0 unspecified atom stereocenters. The maximum atomic E-state index is 13.0. The quantitative estimate of drug-likeness (QED) is 0.730. The van der Waals surface area contributed by atoms with Crippen LogP contribution in [0.1, 0.15) is 0 Å². The van der Waals surface area contributed by atoms with Gasteiger partial charge in [0.15, 0.2) is 0 Å². The minimum absolute atomic E-state index is 0.339. The molecule has 1 aromatic carbocycles. The fourth-order valence-electron chi connectivity index (χ4n) is 1.84. The second-order valence-corrected chi connectivity index (χ2v) is 4.39. The van der Waals surface area contributed by atoms with Crippen LogP contribution in [0.3, 0.4) is 0 Å². The van der Waals surface area contributed by atoms with Crippen molar-refractivity contribution in [1.82, 2.24) is 9.38 Å². The van der Waals surface area contributed by atoms with E-state index >= 15 is 0 Å². The molecule has 0 radical (unpaired) electrons. The summed E-state index contributed by atoms with van der Waals surface area (Å²) in [5, 5.41) is 0.339. The van der Waals surface area contributed by atoms with E-state index in [9.17, 15) is 4.39 Å². The maximum absolute atomic E-state index is 13.0. The number of imidazole rings is 1. The highest BCUT2D eigenvalue weighted by Gasteiger charge is 2.09. The summed E-state index contributed by atoms with van der Waals surface area (Å²) in [6, 6.07) is 7.84. The van der Waals surface area contributed by atoms with E-state index in [0.29, 0.717) is 22.0 Å². The van der Waals surface area contributed by atoms with Crippen LogP contribution in [0.15, 0.2) is 42.7 Å². The van der Waals surface area contributed by atoms with Gasteiger partial charge in [-0.05, 0) is 30.3 Å². The first-order valence-corrected chi connectivity index (χ1v) is 5.71. The number of fused-ring (bicyclic) bond motifs is 1. The summed E-state index contributed by atoms with van der Waals surface area (Å²) >= 11 is 6.01. The number of hydrogen-bond acceptors (Lipinski definition) is 2. The first kappa shape index (κ1) is 11.0. The Hall–Kier alpha value is -2.07. The van der Waals surface area contributed by atoms with Crippen LogP contribution < -0.4 is 5.73 Å². The minimum atomic E-state index is -0.364. The van der Waals surface area contributed by atoms with Gasteiger partial charge in [0, 0.05) is 23.6 Å². The van der Waals surface area contributed by atoms with Crippen LogP contribution in [0.2, 0.25) is 5.02 Å². The van der Waals surface area contributed by atoms with Crippen LogP contribution >= 0.6 is 11.6 Å². The van der Waals surface area contributed by atoms with Gasteiger partial charge in [0.05, 0.1) is 10.7 Å². The zero-order chi connectivity index (χ0) is 12.7. The SMILES string of the molecule is Nc1ccc2nc(-c3ccc(F)cc3Cl)cn2c1. The van der Waals surface area contributed by atoms with Gasteiger partial charge >= 0.3 is 0 Å². The lowest BCUT2D eigenvalue weighted by atomic mass is 10.2. The lowest BCUT2D eigenvalue weighted by Crippen LogP contribution is -1.88. The van der Waals surface area contributed by atoms with Crippen molar-refractivity contribution in [1.29, 1.82) is 0 Å². The molecule has 90 valence electrons. The molecule has 3 aromatic rings. The third-order valence-corrected chi connectivity index (χ3v) is 2.99. The Morgan fingerprint density at radius 1 is 1.17 bits per heavy atom. The summed E-state index contributed by atoms with van der Waals surface area (Å²) in [7, 11) is 0. The molecule has 0 atom stereocenters. The normalized spacial score (nSPS) is 11.0. The number of hydrogen-bond donors (Lipinski definition) is 1. The lowest BCUT2D eigenvalue weighted by Gasteiger charge is -1.99. The van der Waals surface area contributed by atoms with Crippen molar-refractivity contribution in [2.45, 2.75) is 0 Å². The Kier molecular flexibility index (Phi) is 2.45. The average Bonchev–Trinajstić information content (AvgIpc) is 2.71. The lowest BCUT2D eigenvalue weighted by molar-refractivity contribution is 0.628. The standard InChI is InChI=1S/C13H9ClFN3/c14-11-5-8(15)1-3-10(11)12-7-18-6-9(16)2-4-13(18)17-12/h1-7H,16H2. The Bertz CT molecular complexity index is 736. The molecule has 0 spiro atoms. The number of aromatic nitrogens is 2. The van der Waals surface area contributed by atoms with Crippen molar-refractivity contribution in [3.05, 3.63) is 53.6 Å². The minimum Gasteiger partial charge on any atom is -0.398 e. The Morgan fingerprint density at radius 3 is 2.78 bits per heavy atom. The largest absolute Gasteiger partial charge is 0.398 e. The summed E-state index contributed by atoms with van der Waals surface area (Å²) in [6.07, 6.45) is 3.58. The van der Waals surface area contributed by atoms with Gasteiger partial charge in [-0.3, -0.25) is 0 Å². The molecule has 2 aromatic heterocycles. The predicted octanol–water partition coefficient (Wildman–Crippen LogP) is 3.38. The van der Waals surface area contributed by atoms with Gasteiger partial charge in [-0.25, -0.2) is 9.37 Å². The number of anilines is 1. The van der Waals surface area contributed by atoms with Crippen molar-refractivity contribution < 1.29 is 4.39 Å². The number of pyridine rings is 1. The zero-order valence-electron chi connectivity index (χ0n) is 9.27. The van der Waals surface area contributed by atoms with E-state index in [2.05, 4.69) is 4.98 Å². The number of nitrogens with zero attached hydrogens (tertiary/aromatic N) is 2. The van der Waals surface area contributed by atoms with Gasteiger partial charge in [0.1, 0.15) is 11.5 Å². The Morgan fingerprint density at radius 2 is 2.00 bits per heavy atom. The molecule has 2 N–H and O–H groups in total. The average molecular weight is 262 g/mol. The predicted molar refractivity (Wildman–Crippen MR) is 70.0 cm³/mol. The Labute approximate surface area is 108 Å². The summed E-state index contributed by atoms with van der Waals surface area (Å²) in [5.74, 6) is -0.364. The van der Waals surface area contributed by atoms with Gasteiger partial charge in [0.25, 0.3) is 0 Å². The molecule has 0 saturated heterocycles. The number of benzene rings is 1. The second kappa shape index (κ2) is 3.99. The number of rotatable bonds is 1. The summed E-state index contributed by atoms with van der Waals surface area (Å²) in [5.41, 5.74) is 8.49. The number of halogens is 2. The molecule has 0 aliphatic heterocycles. The van der Waals surface area contributed by atoms with E-state index in [-0.39, 0.29) is 5.82 Å². The van der Waals surface area contributed by atoms with E-state index in [4.69, 9.17) is 17.3 Å². The highest BCUT2D eigenvalue weighted by atomic mass is 35.5. The molecule has 0 aliphatic carbocycles. The first-order chi connectivity index (χ1) is 8.63. The van der Waals surface area contributed by atoms with Crippen LogP contribution in [0.4, 0.5) is 10.1 Å². The van der Waals surface area contributed by atoms with Gasteiger partial charge in [-0.1, -0.05) is 11.6 Å². The number of nitrogen functional groups attached to an aromatic ring is 1. The van der Waals surface area contributed by atoms with Gasteiger partial charge in [0.2, 0.25) is 0 Å². The van der Waals surface area contributed by atoms with Crippen LogP contribution in [0.5, 0.6) is 0 Å². The summed E-state index contributed by atoms with van der Waals surface area (Å²) in [4.78, 5) is 4.42. The molecule has 0 saturated carbocycles. The molecule has 0 amide bonds. The number of nitrogens with two attached hydrogens (primary N) is 1. The zero-order valence-corrected chi connectivity index (χ0v) is 10.0. The van der Waals surface area contributed by atoms with E-state index in [1.807, 2.05) is 16.7 Å². The molecular formula is C13H9ClFN3. The van der Waals surface area contributed by atoms with Crippen LogP contribution in [0.25, 0.3) is 16.9 Å². The summed E-state index contributed by atoms with van der Waals surface area (Å²) < 4.78 is 14.8. The van der Waals surface area contributed by atoms with Gasteiger partial charge in [-0.2, -0.15) is 0 Å². The van der Waals surface area contributed by atoms with E-state index in [0.717, 1.165) is 5.65 Å². The van der Waals surface area contributed by atoms with Crippen molar-refractivity contribution in [3.63, 3.8) is 0 Å². The molecule has 0 bridgehead atoms. The van der Waals surface area contributed by atoms with E-state index in [1.54, 1.807) is 18.3 Å². The van der Waals surface area contributed by atoms with Crippen molar-refractivity contribution >= 4 is 22.9 Å². The molecule has 5 heteroatoms. The molecule has 2 heterocycles. The van der Waals surface area contributed by atoms with Crippen LogP contribution in [-0.4, -0.2) is 9.38 Å². The molecule has 0 aliphatic rings. The Balaban J connectivity index is 2.19. The maximum Gasteiger partial charge on any atom is 0.137 e. The fourth-order valence-corrected chi connectivity index (χ4v) is 2.10. The molecule has 0 fully saturated rings. The molecular weight excluding hydrogens is 253 g/mol. The third kappa shape index (κ3) is 1.80. The monoisotopic (exact) mass is 261 g/mol. The highest BCUT2D eigenvalue weighted by Crippen LogP contribution is 2.28. The van der Waals surface area contributed by atoms with E-state index in [1.165, 1.54) is 12.1 Å². The van der Waals surface area contributed by atoms with Crippen LogP contribution in [0, 0.1) is 5.82 Å². The van der Waals surface area contributed by atoms with Crippen molar-refractivity contribution in [2.24, 2.45) is 0 Å². The third-order valence-electron chi connectivity index (χ3n) is 2.68. The molecule has 3 rings (SSSR count). The first-order valence-electron chi connectivity index (χ1n) is 5.33. The van der Waals surface area contributed by atoms with Gasteiger partial charge < -0.3 is 10.1 Å². The van der Waals surface area contributed by atoms with Crippen molar-refractivity contribution in [2.75, 3.05) is 5.73 Å². The van der Waals surface area contributed by atoms with Crippen molar-refractivity contribution in [3.8, 4) is 11.3 Å². The topological polar surface area (TPSA) is 43.3 Å². The highest BCUT2D eigenvalue weighted by molar-refractivity contribution is 6.33. The fraction of sp³-hybridized carbons (Fsp3) is 0. The summed E-state index contributed by atoms with van der Waals surface area (Å²) in [6.45, 7) is 0. The van der Waals surface area contributed by atoms with Gasteiger partial charge in [-0.15, -0.1) is 0 Å². The molecule has 3 nitrogen and oxygen atoms in total. The van der Waals surface area contributed by atoms with Crippen LogP contribution in [-0.2, 0) is 0 Å². The van der Waals surface area contributed by atoms with E-state index < -0.39 is 0 Å². The smallest absolute Gasteiger partial charge is 0.137 e. The second-order valence-electron chi connectivity index (χ2n) is 3.98.